The van der Waals surface area contributed by atoms with Gasteiger partial charge in [-0.15, -0.1) is 0 Å². The van der Waals surface area contributed by atoms with Gasteiger partial charge in [-0.3, -0.25) is 9.59 Å². The molecule has 1 amide bonds. The van der Waals surface area contributed by atoms with Crippen LogP contribution in [0.25, 0.3) is 22.2 Å². The molecule has 0 aliphatic rings. The van der Waals surface area contributed by atoms with Crippen LogP contribution in [0.3, 0.4) is 0 Å². The Kier molecular flexibility index (Phi) is 11.7. The summed E-state index contributed by atoms with van der Waals surface area (Å²) in [6, 6.07) is 26.9. The number of nitrogens with one attached hydrogen (secondary N) is 1. The molecular weight excluding hydrogens is 637 g/mol. The molecular formula is C39H42N4O5S. The maximum Gasteiger partial charge on any atom is 0.336 e. The van der Waals surface area contributed by atoms with E-state index >= 15 is 0 Å². The van der Waals surface area contributed by atoms with Crippen LogP contribution >= 0.6 is 11.8 Å². The molecule has 0 aliphatic heterocycles. The number of imidazole rings is 1. The van der Waals surface area contributed by atoms with Gasteiger partial charge < -0.3 is 25.8 Å². The lowest BCUT2D eigenvalue weighted by Gasteiger charge is -2.20. The second-order valence-electron chi connectivity index (χ2n) is 12.3. The summed E-state index contributed by atoms with van der Waals surface area (Å²) in [7, 11) is 0. The monoisotopic (exact) mass is 678 g/mol. The van der Waals surface area contributed by atoms with E-state index in [9.17, 15) is 24.6 Å². The van der Waals surface area contributed by atoms with Crippen LogP contribution in [0.5, 0.6) is 0 Å². The zero-order valence-corrected chi connectivity index (χ0v) is 28.7. The lowest BCUT2D eigenvalue weighted by molar-refractivity contribution is -0.114. The molecule has 9 nitrogen and oxygen atoms in total. The van der Waals surface area contributed by atoms with Gasteiger partial charge in [-0.05, 0) is 72.7 Å². The van der Waals surface area contributed by atoms with Crippen LogP contribution in [0.4, 0.5) is 0 Å². The smallest absolute Gasteiger partial charge is 0.336 e. The number of benzene rings is 4. The molecule has 1 aromatic heterocycles. The average Bonchev–Trinajstić information content (AvgIpc) is 3.44. The van der Waals surface area contributed by atoms with Gasteiger partial charge in [0.1, 0.15) is 11.9 Å². The van der Waals surface area contributed by atoms with Gasteiger partial charge >= 0.3 is 5.97 Å². The van der Waals surface area contributed by atoms with Gasteiger partial charge in [-0.2, -0.15) is 0 Å². The van der Waals surface area contributed by atoms with Crippen molar-refractivity contribution in [1.82, 2.24) is 14.9 Å². The molecule has 0 saturated heterocycles. The molecule has 1 heterocycles. The van der Waals surface area contributed by atoms with Gasteiger partial charge in [0, 0.05) is 30.3 Å². The van der Waals surface area contributed by atoms with Crippen LogP contribution in [-0.2, 0) is 24.2 Å². The van der Waals surface area contributed by atoms with Crippen molar-refractivity contribution in [2.45, 2.75) is 64.8 Å². The first kappa shape index (κ1) is 35.5. The maximum atomic E-state index is 13.8. The minimum Gasteiger partial charge on any atom is -0.478 e. The number of aliphatic hydroxyl groups is 1. The number of aromatic carboxylic acids is 1. The molecule has 0 bridgehead atoms. The molecule has 1 unspecified atom stereocenters. The van der Waals surface area contributed by atoms with Crippen LogP contribution < -0.4 is 11.1 Å². The highest BCUT2D eigenvalue weighted by Crippen LogP contribution is 2.27. The summed E-state index contributed by atoms with van der Waals surface area (Å²) in [4.78, 5) is 43.2. The van der Waals surface area contributed by atoms with Gasteiger partial charge in [0.05, 0.1) is 22.7 Å². The standard InChI is InChI=1S/C39H42N4O5S/c1-4-10-34-42-36-24(2)19-29(37(45)41-30(20-26-11-6-5-7-12-26)23-49-39(48)35(40)25(3)44)21-33(36)43(34)22-27-15-17-28(18-16-27)31-13-8-9-14-32(31)38(46)47/h5-9,11-19,21,25,30,35,44H,4,10,20,22-23,40H2,1-3H3,(H,41,45)(H,46,47)/t25-,30+,35?/m0/s1. The molecule has 0 spiro atoms. The number of rotatable bonds is 14. The second kappa shape index (κ2) is 16.1. The lowest BCUT2D eigenvalue weighted by Crippen LogP contribution is -2.41. The van der Waals surface area contributed by atoms with Crippen molar-refractivity contribution in [3.05, 3.63) is 125 Å². The van der Waals surface area contributed by atoms with Gasteiger partial charge in [-0.25, -0.2) is 9.78 Å². The topological polar surface area (TPSA) is 148 Å². The minimum atomic E-state index is -1.00. The number of thioether (sulfide) groups is 1. The fourth-order valence-electron chi connectivity index (χ4n) is 5.85. The number of fused-ring (bicyclic) bond motifs is 1. The minimum absolute atomic E-state index is 0.252. The molecule has 10 heteroatoms. The highest BCUT2D eigenvalue weighted by Gasteiger charge is 2.23. The van der Waals surface area contributed by atoms with Crippen LogP contribution in [0.1, 0.15) is 63.5 Å². The Bertz CT molecular complexity index is 1940. The van der Waals surface area contributed by atoms with E-state index in [0.717, 1.165) is 63.7 Å². The predicted molar refractivity (Wildman–Crippen MR) is 195 cm³/mol. The van der Waals surface area contributed by atoms with E-state index in [1.807, 2.05) is 85.8 Å². The number of hydrogen-bond acceptors (Lipinski definition) is 7. The number of nitrogens with zero attached hydrogens (tertiary/aromatic N) is 2. The summed E-state index contributed by atoms with van der Waals surface area (Å²) >= 11 is 1.02. The molecule has 3 atom stereocenters. The molecule has 0 saturated carbocycles. The molecule has 254 valence electrons. The molecule has 5 aromatic rings. The largest absolute Gasteiger partial charge is 0.478 e. The Morgan fingerprint density at radius 3 is 2.33 bits per heavy atom. The first-order valence-electron chi connectivity index (χ1n) is 16.4. The Hall–Kier alpha value is -4.77. The second-order valence-corrected chi connectivity index (χ2v) is 13.4. The normalized spacial score (nSPS) is 13.2. The molecule has 5 N–H and O–H groups in total. The first-order valence-corrected chi connectivity index (χ1v) is 17.4. The molecule has 0 radical (unpaired) electrons. The number of hydrogen-bond donors (Lipinski definition) is 4. The van der Waals surface area contributed by atoms with Crippen molar-refractivity contribution in [3.8, 4) is 11.1 Å². The van der Waals surface area contributed by atoms with Crippen LogP contribution in [-0.4, -0.2) is 60.7 Å². The van der Waals surface area contributed by atoms with Crippen LogP contribution in [0.15, 0.2) is 91.0 Å². The maximum absolute atomic E-state index is 13.8. The fourth-order valence-corrected chi connectivity index (χ4v) is 6.81. The SMILES string of the molecule is CCCc1nc2c(C)cc(C(=O)N[C@@H](CSC(=O)C(N)[C@H](C)O)Cc3ccccc3)cc2n1Cc1ccc(-c2ccccc2C(=O)O)cc1. The zero-order chi connectivity index (χ0) is 35.1. The number of aliphatic hydroxyl groups excluding tert-OH is 1. The number of amides is 1. The zero-order valence-electron chi connectivity index (χ0n) is 27.9. The van der Waals surface area contributed by atoms with Crippen molar-refractivity contribution < 1.29 is 24.6 Å². The third kappa shape index (κ3) is 8.64. The predicted octanol–water partition coefficient (Wildman–Crippen LogP) is 6.02. The highest BCUT2D eigenvalue weighted by molar-refractivity contribution is 8.13. The van der Waals surface area contributed by atoms with E-state index in [2.05, 4.69) is 16.8 Å². The van der Waals surface area contributed by atoms with E-state index < -0.39 is 18.1 Å². The van der Waals surface area contributed by atoms with Gasteiger partial charge in [0.15, 0.2) is 0 Å². The Morgan fingerprint density at radius 1 is 0.959 bits per heavy atom. The number of nitrogens with two attached hydrogens (primary N) is 1. The number of aromatic nitrogens is 2. The number of carboxylic acids is 1. The number of carboxylic acid groups (broad SMARTS) is 1. The summed E-state index contributed by atoms with van der Waals surface area (Å²) in [5, 5.41) is 22.3. The van der Waals surface area contributed by atoms with E-state index in [1.165, 1.54) is 6.92 Å². The molecule has 0 aliphatic carbocycles. The molecule has 5 rings (SSSR count). The fraction of sp³-hybridized carbons (Fsp3) is 0.282. The molecule has 49 heavy (non-hydrogen) atoms. The van der Waals surface area contributed by atoms with Crippen LogP contribution in [0.2, 0.25) is 0 Å². The lowest BCUT2D eigenvalue weighted by atomic mass is 9.98. The quantitative estimate of drug-likeness (QED) is 0.112. The first-order chi connectivity index (χ1) is 23.5. The van der Waals surface area contributed by atoms with Gasteiger partial charge in [0.25, 0.3) is 5.91 Å². The Balaban J connectivity index is 1.42. The van der Waals surface area contributed by atoms with Crippen molar-refractivity contribution >= 4 is 39.8 Å². The van der Waals surface area contributed by atoms with Crippen LogP contribution in [0, 0.1) is 6.92 Å². The number of aryl methyl sites for hydroxylation is 2. The van der Waals surface area contributed by atoms with E-state index in [0.29, 0.717) is 29.8 Å². The van der Waals surface area contributed by atoms with Gasteiger partial charge in [-0.1, -0.05) is 91.5 Å². The molecule has 0 fully saturated rings. The molecule has 4 aromatic carbocycles. The summed E-state index contributed by atoms with van der Waals surface area (Å²) < 4.78 is 2.15. The van der Waals surface area contributed by atoms with Crippen molar-refractivity contribution in [2.75, 3.05) is 5.75 Å². The third-order valence-electron chi connectivity index (χ3n) is 8.50. The van der Waals surface area contributed by atoms with Crippen molar-refractivity contribution in [3.63, 3.8) is 0 Å². The Morgan fingerprint density at radius 2 is 1.65 bits per heavy atom. The summed E-state index contributed by atoms with van der Waals surface area (Å²) in [6.45, 7) is 6.07. The summed E-state index contributed by atoms with van der Waals surface area (Å²) in [5.74, 6) is -0.00920. The highest BCUT2D eigenvalue weighted by atomic mass is 32.2. The van der Waals surface area contributed by atoms with E-state index in [1.54, 1.807) is 12.1 Å². The van der Waals surface area contributed by atoms with Gasteiger partial charge in [0.2, 0.25) is 5.12 Å². The van der Waals surface area contributed by atoms with E-state index in [4.69, 9.17) is 10.7 Å². The third-order valence-corrected chi connectivity index (χ3v) is 9.63. The summed E-state index contributed by atoms with van der Waals surface area (Å²) in [5.41, 5.74) is 12.7. The number of carbonyl (C=O) groups is 3. The Labute approximate surface area is 290 Å². The van der Waals surface area contributed by atoms with E-state index in [-0.39, 0.29) is 22.6 Å². The summed E-state index contributed by atoms with van der Waals surface area (Å²) in [6.07, 6.45) is 1.21. The average molecular weight is 679 g/mol. The number of carbonyl (C=O) groups excluding carboxylic acids is 2. The van der Waals surface area contributed by atoms with Crippen molar-refractivity contribution in [2.24, 2.45) is 5.73 Å². The van der Waals surface area contributed by atoms with Crippen molar-refractivity contribution in [1.29, 1.82) is 0 Å².